The van der Waals surface area contributed by atoms with Gasteiger partial charge in [0.1, 0.15) is 17.4 Å². The van der Waals surface area contributed by atoms with E-state index in [1.54, 1.807) is 19.9 Å². The SMILES string of the molecule is Cc1ccc(O)c(C)c1-n1c(N)c(C(N)=O)cc(-c2ccc(F)cc2)c1=O.[BH]. The highest BCUT2D eigenvalue weighted by molar-refractivity contribution is 5.98. The van der Waals surface area contributed by atoms with E-state index in [0.717, 1.165) is 4.57 Å². The fourth-order valence-corrected chi connectivity index (χ4v) is 3.05. The number of anilines is 1. The molecular formula is C20H19BFN3O3. The zero-order valence-electron chi connectivity index (χ0n) is 15.5. The van der Waals surface area contributed by atoms with Crippen molar-refractivity contribution in [2.24, 2.45) is 5.73 Å². The molecule has 28 heavy (non-hydrogen) atoms. The number of nitrogens with zero attached hydrogens (tertiary/aromatic N) is 1. The van der Waals surface area contributed by atoms with Gasteiger partial charge in [0.05, 0.1) is 11.3 Å². The summed E-state index contributed by atoms with van der Waals surface area (Å²) in [5.74, 6) is -1.41. The van der Waals surface area contributed by atoms with Gasteiger partial charge in [-0.2, -0.15) is 0 Å². The van der Waals surface area contributed by atoms with Crippen LogP contribution in [0.1, 0.15) is 21.5 Å². The maximum absolute atomic E-state index is 13.3. The lowest BCUT2D eigenvalue weighted by molar-refractivity contribution is 0.100. The number of carbonyl (C=O) groups is 1. The number of nitrogen functional groups attached to an aromatic ring is 1. The Kier molecular flexibility index (Phi) is 5.63. The van der Waals surface area contributed by atoms with E-state index in [1.807, 2.05) is 0 Å². The Morgan fingerprint density at radius 2 is 1.71 bits per heavy atom. The third kappa shape index (κ3) is 3.36. The number of hydrogen-bond acceptors (Lipinski definition) is 4. The second-order valence-corrected chi connectivity index (χ2v) is 6.24. The summed E-state index contributed by atoms with van der Waals surface area (Å²) in [6.45, 7) is 3.39. The Morgan fingerprint density at radius 1 is 1.11 bits per heavy atom. The molecule has 0 saturated heterocycles. The maximum Gasteiger partial charge on any atom is 0.264 e. The van der Waals surface area contributed by atoms with Gasteiger partial charge in [-0.3, -0.25) is 14.2 Å². The quantitative estimate of drug-likeness (QED) is 0.605. The fraction of sp³-hybridized carbons (Fsp3) is 0.100. The second-order valence-electron chi connectivity index (χ2n) is 6.24. The van der Waals surface area contributed by atoms with Crippen LogP contribution in [-0.4, -0.2) is 24.0 Å². The smallest absolute Gasteiger partial charge is 0.264 e. The number of halogens is 1. The Bertz CT molecular complexity index is 1130. The summed E-state index contributed by atoms with van der Waals surface area (Å²) in [4.78, 5) is 25.1. The molecule has 0 spiro atoms. The van der Waals surface area contributed by atoms with Gasteiger partial charge in [0.25, 0.3) is 11.5 Å². The molecule has 5 N–H and O–H groups in total. The minimum absolute atomic E-state index is 0. The number of hydrogen-bond donors (Lipinski definition) is 3. The number of nitrogens with two attached hydrogens (primary N) is 2. The minimum Gasteiger partial charge on any atom is -0.508 e. The van der Waals surface area contributed by atoms with E-state index in [1.165, 1.54) is 36.4 Å². The Labute approximate surface area is 162 Å². The molecule has 142 valence electrons. The van der Waals surface area contributed by atoms with E-state index in [0.29, 0.717) is 22.4 Å². The van der Waals surface area contributed by atoms with Gasteiger partial charge < -0.3 is 16.6 Å². The molecule has 2 radical (unpaired) electrons. The first-order chi connectivity index (χ1) is 12.7. The van der Waals surface area contributed by atoms with Crippen molar-refractivity contribution in [3.63, 3.8) is 0 Å². The van der Waals surface area contributed by atoms with Gasteiger partial charge in [0, 0.05) is 19.5 Å². The van der Waals surface area contributed by atoms with Crippen LogP contribution in [0.2, 0.25) is 0 Å². The lowest BCUT2D eigenvalue weighted by Crippen LogP contribution is -2.28. The summed E-state index contributed by atoms with van der Waals surface area (Å²) in [6, 6.07) is 9.73. The minimum atomic E-state index is -0.805. The van der Waals surface area contributed by atoms with Crippen LogP contribution in [0.15, 0.2) is 47.3 Å². The molecule has 0 bridgehead atoms. The van der Waals surface area contributed by atoms with Crippen LogP contribution in [0.25, 0.3) is 16.8 Å². The van der Waals surface area contributed by atoms with Crippen LogP contribution in [0.5, 0.6) is 5.75 Å². The first kappa shape index (κ1) is 20.8. The zero-order chi connectivity index (χ0) is 19.9. The Hall–Kier alpha value is -3.55. The number of aromatic hydroxyl groups is 1. The van der Waals surface area contributed by atoms with Crippen molar-refractivity contribution >= 4 is 20.1 Å². The first-order valence-electron chi connectivity index (χ1n) is 8.13. The third-order valence-corrected chi connectivity index (χ3v) is 4.49. The van der Waals surface area contributed by atoms with E-state index in [-0.39, 0.29) is 31.1 Å². The van der Waals surface area contributed by atoms with Crippen molar-refractivity contribution in [3.8, 4) is 22.6 Å². The predicted octanol–water partition coefficient (Wildman–Crippen LogP) is 2.00. The standard InChI is InChI=1S/C20H18FN3O3.BH/c1-10-3-8-16(25)11(2)17(10)24-18(22)15(19(23)26)9-14(20(24)27)12-4-6-13(21)7-5-12;/h3-9,25H,22H2,1-2H3,(H2,23,26);1H. The van der Waals surface area contributed by atoms with Gasteiger partial charge in [-0.15, -0.1) is 0 Å². The lowest BCUT2D eigenvalue weighted by Gasteiger charge is -2.19. The summed E-state index contributed by atoms with van der Waals surface area (Å²) in [6.07, 6.45) is 0. The molecule has 0 aliphatic heterocycles. The molecule has 0 fully saturated rings. The number of phenolic OH excluding ortho intramolecular Hbond substituents is 1. The van der Waals surface area contributed by atoms with Crippen molar-refractivity contribution in [3.05, 3.63) is 75.3 Å². The van der Waals surface area contributed by atoms with Gasteiger partial charge in [0.2, 0.25) is 0 Å². The molecular weight excluding hydrogens is 360 g/mol. The number of rotatable bonds is 3. The number of aromatic nitrogens is 1. The average Bonchev–Trinajstić information content (AvgIpc) is 2.62. The summed E-state index contributed by atoms with van der Waals surface area (Å²) in [5, 5.41) is 10.1. The van der Waals surface area contributed by atoms with Crippen molar-refractivity contribution < 1.29 is 14.3 Å². The molecule has 0 unspecified atom stereocenters. The largest absolute Gasteiger partial charge is 0.508 e. The van der Waals surface area contributed by atoms with Gasteiger partial charge in [0.15, 0.2) is 0 Å². The van der Waals surface area contributed by atoms with Crippen molar-refractivity contribution in [2.75, 3.05) is 5.73 Å². The molecule has 8 heteroatoms. The van der Waals surface area contributed by atoms with E-state index in [4.69, 9.17) is 11.5 Å². The molecule has 3 rings (SSSR count). The predicted molar refractivity (Wildman–Crippen MR) is 109 cm³/mol. The van der Waals surface area contributed by atoms with Crippen LogP contribution >= 0.6 is 0 Å². The Morgan fingerprint density at radius 3 is 2.29 bits per heavy atom. The number of benzene rings is 2. The van der Waals surface area contributed by atoms with E-state index >= 15 is 0 Å². The average molecular weight is 379 g/mol. The van der Waals surface area contributed by atoms with Crippen molar-refractivity contribution in [2.45, 2.75) is 13.8 Å². The molecule has 1 aromatic heterocycles. The van der Waals surface area contributed by atoms with Gasteiger partial charge in [-0.1, -0.05) is 18.2 Å². The van der Waals surface area contributed by atoms with Gasteiger partial charge >= 0.3 is 0 Å². The van der Waals surface area contributed by atoms with Gasteiger partial charge in [-0.25, -0.2) is 4.39 Å². The lowest BCUT2D eigenvalue weighted by atomic mass is 10.0. The van der Waals surface area contributed by atoms with Crippen LogP contribution in [0, 0.1) is 19.7 Å². The number of carbonyl (C=O) groups excluding carboxylic acids is 1. The van der Waals surface area contributed by atoms with E-state index in [9.17, 15) is 19.1 Å². The van der Waals surface area contributed by atoms with Gasteiger partial charge in [-0.05, 0) is 49.2 Å². The molecule has 3 aromatic rings. The van der Waals surface area contributed by atoms with Crippen molar-refractivity contribution in [1.82, 2.24) is 4.57 Å². The summed E-state index contributed by atoms with van der Waals surface area (Å²) >= 11 is 0. The highest BCUT2D eigenvalue weighted by Gasteiger charge is 2.21. The fourth-order valence-electron chi connectivity index (χ4n) is 3.05. The number of primary amides is 1. The molecule has 0 aliphatic carbocycles. The molecule has 2 aromatic carbocycles. The monoisotopic (exact) mass is 379 g/mol. The van der Waals surface area contributed by atoms with Crippen LogP contribution in [0.4, 0.5) is 10.2 Å². The molecule has 0 saturated carbocycles. The molecule has 1 amide bonds. The third-order valence-electron chi connectivity index (χ3n) is 4.49. The first-order valence-corrected chi connectivity index (χ1v) is 8.13. The topological polar surface area (TPSA) is 111 Å². The van der Waals surface area contributed by atoms with E-state index < -0.39 is 17.3 Å². The molecule has 1 heterocycles. The highest BCUT2D eigenvalue weighted by Crippen LogP contribution is 2.30. The van der Waals surface area contributed by atoms with Crippen LogP contribution in [0.3, 0.4) is 0 Å². The van der Waals surface area contributed by atoms with Crippen LogP contribution < -0.4 is 17.0 Å². The summed E-state index contributed by atoms with van der Waals surface area (Å²) in [7, 11) is 0. The zero-order valence-corrected chi connectivity index (χ0v) is 15.5. The number of pyridine rings is 1. The second kappa shape index (κ2) is 7.60. The summed E-state index contributed by atoms with van der Waals surface area (Å²) in [5.41, 5.74) is 13.0. The Balaban J connectivity index is 0.00000280. The number of amides is 1. The molecule has 0 aliphatic rings. The highest BCUT2D eigenvalue weighted by atomic mass is 19.1. The van der Waals surface area contributed by atoms with Crippen molar-refractivity contribution in [1.29, 1.82) is 0 Å². The number of phenols is 1. The van der Waals surface area contributed by atoms with Crippen LogP contribution in [-0.2, 0) is 0 Å². The normalized spacial score (nSPS) is 10.4. The maximum atomic E-state index is 13.3. The molecule has 6 nitrogen and oxygen atoms in total. The van der Waals surface area contributed by atoms with E-state index in [2.05, 4.69) is 0 Å². The molecule has 0 atom stereocenters. The summed E-state index contributed by atoms with van der Waals surface area (Å²) < 4.78 is 14.4. The number of aryl methyl sites for hydroxylation is 1.